The molecule has 1 aromatic heterocycles. The minimum atomic E-state index is -0.907. The molecule has 0 atom stereocenters. The van der Waals surface area contributed by atoms with Crippen molar-refractivity contribution in [2.75, 3.05) is 0 Å². The number of rotatable bonds is 5. The van der Waals surface area contributed by atoms with Gasteiger partial charge < -0.3 is 4.74 Å². The van der Waals surface area contributed by atoms with Crippen LogP contribution in [0.1, 0.15) is 13.8 Å². The van der Waals surface area contributed by atoms with Crippen LogP contribution in [0.3, 0.4) is 0 Å². The molecule has 5 nitrogen and oxygen atoms in total. The molecule has 36 heavy (non-hydrogen) atoms. The van der Waals surface area contributed by atoms with Gasteiger partial charge >= 0.3 is 5.97 Å². The van der Waals surface area contributed by atoms with Crippen molar-refractivity contribution < 1.29 is 9.53 Å². The zero-order valence-corrected chi connectivity index (χ0v) is 21.4. The van der Waals surface area contributed by atoms with Crippen LogP contribution in [-0.4, -0.2) is 19.6 Å². The Morgan fingerprint density at radius 3 is 1.83 bits per heavy atom. The van der Waals surface area contributed by atoms with Crippen molar-refractivity contribution in [1.29, 1.82) is 0 Å². The molecule has 0 radical (unpaired) electrons. The zero-order chi connectivity index (χ0) is 25.1. The van der Waals surface area contributed by atoms with Crippen molar-refractivity contribution in [2.45, 2.75) is 18.6 Å². The van der Waals surface area contributed by atoms with E-state index in [1.807, 2.05) is 85.1 Å². The molecule has 0 amide bonds. The third-order valence-corrected chi connectivity index (χ3v) is 7.15. The van der Waals surface area contributed by atoms with E-state index in [0.29, 0.717) is 15.8 Å². The van der Waals surface area contributed by atoms with Crippen molar-refractivity contribution in [3.8, 4) is 5.75 Å². The monoisotopic (exact) mass is 509 g/mol. The fraction of sp³-hybridized carbons (Fsp3) is 0.103. The second-order valence-corrected chi connectivity index (χ2v) is 10.9. The summed E-state index contributed by atoms with van der Waals surface area (Å²) in [5.74, 6) is 0.0596. The highest BCUT2D eigenvalue weighted by Gasteiger charge is 2.33. The quantitative estimate of drug-likeness (QED) is 0.103. The molecule has 1 heterocycles. The number of para-hydroxylation sites is 2. The molecule has 0 aliphatic carbocycles. The van der Waals surface area contributed by atoms with E-state index in [4.69, 9.17) is 17.0 Å². The predicted molar refractivity (Wildman–Crippen MR) is 152 cm³/mol. The smallest absolute Gasteiger partial charge is 0.327 e. The number of carbonyl (C=O) groups excluding carboxylic acids is 1. The summed E-state index contributed by atoms with van der Waals surface area (Å²) >= 11 is 7.15. The molecule has 0 unspecified atom stereocenters. The van der Waals surface area contributed by atoms with Gasteiger partial charge in [-0.05, 0) is 62.4 Å². The lowest BCUT2D eigenvalue weighted by Gasteiger charge is -2.23. The van der Waals surface area contributed by atoms with Gasteiger partial charge in [0.1, 0.15) is 14.8 Å². The first-order valence-electron chi connectivity index (χ1n) is 11.4. The minimum absolute atomic E-state index is 0.380. The molecule has 0 aliphatic rings. The number of nitrogens with zero attached hydrogens (tertiary/aromatic N) is 3. The second-order valence-electron chi connectivity index (χ2n) is 8.67. The molecule has 5 rings (SSSR count). The van der Waals surface area contributed by atoms with Crippen LogP contribution < -0.4 is 4.74 Å². The lowest BCUT2D eigenvalue weighted by Crippen LogP contribution is -2.34. The topological polar surface area (TPSA) is 56.0 Å². The average Bonchev–Trinajstić information content (AvgIpc) is 3.23. The first-order valence-corrected chi connectivity index (χ1v) is 12.7. The van der Waals surface area contributed by atoms with Crippen LogP contribution in [0.25, 0.3) is 21.8 Å². The Bertz CT molecular complexity index is 1540. The highest BCUT2D eigenvalue weighted by molar-refractivity contribution is 8.24. The Labute approximate surface area is 218 Å². The molecule has 178 valence electrons. The van der Waals surface area contributed by atoms with Gasteiger partial charge in [0.15, 0.2) is 0 Å². The normalized spacial score (nSPS) is 11.8. The van der Waals surface area contributed by atoms with Gasteiger partial charge in [0.2, 0.25) is 0 Å². The van der Waals surface area contributed by atoms with Gasteiger partial charge in [0, 0.05) is 10.8 Å². The first-order chi connectivity index (χ1) is 17.4. The van der Waals surface area contributed by atoms with Crippen LogP contribution in [0.4, 0.5) is 11.4 Å². The molecule has 4 aromatic carbocycles. The summed E-state index contributed by atoms with van der Waals surface area (Å²) in [5, 5.41) is 10.7. The zero-order valence-electron chi connectivity index (χ0n) is 19.8. The molecule has 0 bridgehead atoms. The van der Waals surface area contributed by atoms with Crippen molar-refractivity contribution in [3.05, 3.63) is 103 Å². The summed E-state index contributed by atoms with van der Waals surface area (Å²) in [6.45, 7) is 3.64. The lowest BCUT2D eigenvalue weighted by atomic mass is 10.2. The van der Waals surface area contributed by atoms with E-state index >= 15 is 0 Å². The lowest BCUT2D eigenvalue weighted by molar-refractivity contribution is -0.136. The number of aromatic nitrogens is 1. The van der Waals surface area contributed by atoms with Gasteiger partial charge in [-0.3, -0.25) is 9.36 Å². The molecular weight excluding hydrogens is 486 g/mol. The van der Waals surface area contributed by atoms with Gasteiger partial charge in [0.05, 0.1) is 22.4 Å². The number of azo groups is 1. The summed E-state index contributed by atoms with van der Waals surface area (Å²) in [5.41, 5.74) is 3.46. The largest absolute Gasteiger partial charge is 0.426 e. The molecule has 0 N–H and O–H groups in total. The number of fused-ring (bicyclic) bond motifs is 3. The molecule has 7 heteroatoms. The highest BCUT2D eigenvalue weighted by Crippen LogP contribution is 2.35. The summed E-state index contributed by atoms with van der Waals surface area (Å²) in [4.78, 5) is 13.1. The molecule has 0 aliphatic heterocycles. The van der Waals surface area contributed by atoms with Crippen LogP contribution in [0.2, 0.25) is 0 Å². The first kappa shape index (κ1) is 23.9. The summed E-state index contributed by atoms with van der Waals surface area (Å²) in [6, 6.07) is 32.7. The minimum Gasteiger partial charge on any atom is -0.426 e. The molecule has 5 aromatic rings. The van der Waals surface area contributed by atoms with E-state index in [9.17, 15) is 4.79 Å². The maximum absolute atomic E-state index is 13.1. The van der Waals surface area contributed by atoms with Gasteiger partial charge in [-0.25, -0.2) is 0 Å². The number of carbonyl (C=O) groups is 1. The van der Waals surface area contributed by atoms with Gasteiger partial charge in [-0.2, -0.15) is 10.2 Å². The average molecular weight is 510 g/mol. The van der Waals surface area contributed by atoms with Crippen LogP contribution in [-0.2, 0) is 4.79 Å². The molecule has 0 saturated carbocycles. The number of esters is 1. The fourth-order valence-corrected chi connectivity index (χ4v) is 5.52. The number of ether oxygens (including phenoxy) is 1. The molecule has 0 saturated heterocycles. The van der Waals surface area contributed by atoms with Crippen LogP contribution >= 0.6 is 24.0 Å². The maximum atomic E-state index is 13.1. The van der Waals surface area contributed by atoms with E-state index in [-0.39, 0.29) is 5.97 Å². The Balaban J connectivity index is 1.31. The summed E-state index contributed by atoms with van der Waals surface area (Å²) in [6.07, 6.45) is 0. The number of hydrogen-bond donors (Lipinski definition) is 0. The van der Waals surface area contributed by atoms with E-state index in [1.165, 1.54) is 11.8 Å². The fourth-order valence-electron chi connectivity index (χ4n) is 3.85. The third kappa shape index (κ3) is 4.94. The van der Waals surface area contributed by atoms with Crippen molar-refractivity contribution in [2.24, 2.45) is 10.2 Å². The van der Waals surface area contributed by atoms with Crippen molar-refractivity contribution in [1.82, 2.24) is 4.57 Å². The highest BCUT2D eigenvalue weighted by atomic mass is 32.2. The second kappa shape index (κ2) is 10.0. The molecule has 0 fully saturated rings. The Hall–Kier alpha value is -3.81. The Morgan fingerprint density at radius 1 is 0.750 bits per heavy atom. The van der Waals surface area contributed by atoms with Crippen LogP contribution in [0.5, 0.6) is 5.75 Å². The molecule has 0 spiro atoms. The summed E-state index contributed by atoms with van der Waals surface area (Å²) < 4.78 is 7.40. The van der Waals surface area contributed by atoms with Crippen LogP contribution in [0, 0.1) is 0 Å². The number of benzene rings is 4. The standard InChI is InChI=1S/C29H23N3O2S2/c1-29(2,27(33)34-22-18-16-21(17-19-22)31-30-20-10-4-3-5-11-20)36-28(35)32-25-14-8-6-12-23(25)24-13-7-9-15-26(24)32/h3-19H,1-2H3. The van der Waals surface area contributed by atoms with Gasteiger partial charge in [-0.15, -0.1) is 0 Å². The molecular formula is C29H23N3O2S2. The SMILES string of the molecule is CC(C)(SC(=S)n1c2ccccc2c2ccccc21)C(=O)Oc1ccc(N=Nc2ccccc2)cc1. The predicted octanol–water partition coefficient (Wildman–Crippen LogP) is 8.46. The number of thiocarbonyl (C=S) groups is 1. The summed E-state index contributed by atoms with van der Waals surface area (Å²) in [7, 11) is 0. The number of hydrogen-bond acceptors (Lipinski definition) is 6. The van der Waals surface area contributed by atoms with Crippen molar-refractivity contribution in [3.63, 3.8) is 0 Å². The van der Waals surface area contributed by atoms with E-state index in [0.717, 1.165) is 27.5 Å². The van der Waals surface area contributed by atoms with Crippen molar-refractivity contribution >= 4 is 67.5 Å². The van der Waals surface area contributed by atoms with Gasteiger partial charge in [-0.1, -0.05) is 78.6 Å². The maximum Gasteiger partial charge on any atom is 0.327 e. The van der Waals surface area contributed by atoms with Crippen LogP contribution in [0.15, 0.2) is 113 Å². The third-order valence-electron chi connectivity index (χ3n) is 5.68. The van der Waals surface area contributed by atoms with E-state index in [2.05, 4.69) is 22.4 Å². The number of thioether (sulfide) groups is 1. The van der Waals surface area contributed by atoms with E-state index < -0.39 is 4.75 Å². The van der Waals surface area contributed by atoms with Gasteiger partial charge in [0.25, 0.3) is 0 Å². The Morgan fingerprint density at radius 2 is 1.25 bits per heavy atom. The van der Waals surface area contributed by atoms with E-state index in [1.54, 1.807) is 24.3 Å². The Kier molecular flexibility index (Phi) is 6.67.